The van der Waals surface area contributed by atoms with Crippen LogP contribution in [-0.2, 0) is 9.53 Å². The molecular formula is C22H32O3. The second kappa shape index (κ2) is 9.45. The lowest BCUT2D eigenvalue weighted by atomic mass is 9.72. The molecule has 0 amide bonds. The van der Waals surface area contributed by atoms with Crippen LogP contribution in [0.1, 0.15) is 60.8 Å². The third kappa shape index (κ3) is 6.41. The van der Waals surface area contributed by atoms with Crippen molar-refractivity contribution in [3.05, 3.63) is 58.4 Å². The van der Waals surface area contributed by atoms with Crippen molar-refractivity contribution in [2.75, 3.05) is 6.61 Å². The molecule has 3 heteroatoms. The number of rotatable bonds is 7. The fourth-order valence-corrected chi connectivity index (χ4v) is 3.19. The van der Waals surface area contributed by atoms with E-state index in [0.29, 0.717) is 12.2 Å². The minimum Gasteiger partial charge on any atom is -0.487 e. The Labute approximate surface area is 152 Å². The average Bonchev–Trinajstić information content (AvgIpc) is 2.51. The van der Waals surface area contributed by atoms with Gasteiger partial charge in [-0.2, -0.15) is 0 Å². The SMILES string of the molecule is CCOC(C(=O)O)=C(C)C=CC=C(C)C=CC1=C(C)CCCC1(C)C. The van der Waals surface area contributed by atoms with E-state index >= 15 is 0 Å². The third-order valence-corrected chi connectivity index (χ3v) is 4.60. The predicted molar refractivity (Wildman–Crippen MR) is 104 cm³/mol. The lowest BCUT2D eigenvalue weighted by Gasteiger charge is -2.32. The summed E-state index contributed by atoms with van der Waals surface area (Å²) in [5, 5.41) is 9.14. The molecule has 0 aromatic heterocycles. The van der Waals surface area contributed by atoms with Crippen LogP contribution in [0.25, 0.3) is 0 Å². The Bertz CT molecular complexity index is 640. The van der Waals surface area contributed by atoms with Gasteiger partial charge < -0.3 is 9.84 Å². The molecule has 1 aliphatic rings. The largest absolute Gasteiger partial charge is 0.487 e. The van der Waals surface area contributed by atoms with Crippen molar-refractivity contribution in [1.82, 2.24) is 0 Å². The quantitative estimate of drug-likeness (QED) is 0.352. The molecule has 25 heavy (non-hydrogen) atoms. The van der Waals surface area contributed by atoms with E-state index in [1.165, 1.54) is 30.4 Å². The Morgan fingerprint density at radius 2 is 1.96 bits per heavy atom. The molecule has 1 N–H and O–H groups in total. The Hall–Kier alpha value is -2.03. The molecule has 138 valence electrons. The van der Waals surface area contributed by atoms with Crippen molar-refractivity contribution >= 4 is 5.97 Å². The van der Waals surface area contributed by atoms with Gasteiger partial charge in [0.1, 0.15) is 0 Å². The van der Waals surface area contributed by atoms with Crippen LogP contribution in [0.2, 0.25) is 0 Å². The molecule has 0 atom stereocenters. The minimum absolute atomic E-state index is 0.00470. The summed E-state index contributed by atoms with van der Waals surface area (Å²) in [7, 11) is 0. The predicted octanol–water partition coefficient (Wildman–Crippen LogP) is 5.97. The molecule has 0 unspecified atom stereocenters. The maximum absolute atomic E-state index is 11.1. The number of aliphatic carboxylic acids is 1. The third-order valence-electron chi connectivity index (χ3n) is 4.60. The van der Waals surface area contributed by atoms with Gasteiger partial charge in [-0.25, -0.2) is 4.79 Å². The van der Waals surface area contributed by atoms with Gasteiger partial charge in [0.2, 0.25) is 5.76 Å². The van der Waals surface area contributed by atoms with Gasteiger partial charge in [-0.1, -0.05) is 55.4 Å². The number of carboxylic acids is 1. The average molecular weight is 344 g/mol. The van der Waals surface area contributed by atoms with Crippen LogP contribution in [-0.4, -0.2) is 17.7 Å². The highest BCUT2D eigenvalue weighted by Crippen LogP contribution is 2.40. The van der Waals surface area contributed by atoms with Gasteiger partial charge in [0.25, 0.3) is 0 Å². The molecule has 0 aromatic rings. The van der Waals surface area contributed by atoms with Gasteiger partial charge in [-0.15, -0.1) is 0 Å². The zero-order chi connectivity index (χ0) is 19.0. The monoisotopic (exact) mass is 344 g/mol. The zero-order valence-corrected chi connectivity index (χ0v) is 16.5. The Kier molecular flexibility index (Phi) is 7.95. The van der Waals surface area contributed by atoms with E-state index in [2.05, 4.69) is 32.9 Å². The molecule has 0 fully saturated rings. The first-order chi connectivity index (χ1) is 11.7. The highest BCUT2D eigenvalue weighted by molar-refractivity contribution is 5.85. The molecule has 0 radical (unpaired) electrons. The molecule has 0 aromatic carbocycles. The summed E-state index contributed by atoms with van der Waals surface area (Å²) in [6.07, 6.45) is 13.7. The second-order valence-electron chi connectivity index (χ2n) is 7.28. The van der Waals surface area contributed by atoms with Crippen LogP contribution in [0.15, 0.2) is 58.4 Å². The van der Waals surface area contributed by atoms with Crippen molar-refractivity contribution in [1.29, 1.82) is 0 Å². The number of ether oxygens (including phenoxy) is 1. The summed E-state index contributed by atoms with van der Waals surface area (Å²) in [4.78, 5) is 11.1. The maximum Gasteiger partial charge on any atom is 0.371 e. The van der Waals surface area contributed by atoms with E-state index in [1.54, 1.807) is 19.9 Å². The number of allylic oxidation sites excluding steroid dienone is 9. The summed E-state index contributed by atoms with van der Waals surface area (Å²) in [5.74, 6) is -1.03. The van der Waals surface area contributed by atoms with E-state index in [-0.39, 0.29) is 11.2 Å². The molecule has 0 bridgehead atoms. The Morgan fingerprint density at radius 1 is 1.28 bits per heavy atom. The lowest BCUT2D eigenvalue weighted by Crippen LogP contribution is -2.19. The smallest absolute Gasteiger partial charge is 0.371 e. The second-order valence-corrected chi connectivity index (χ2v) is 7.28. The van der Waals surface area contributed by atoms with E-state index in [4.69, 9.17) is 9.84 Å². The molecule has 0 saturated heterocycles. The molecule has 1 aliphatic carbocycles. The lowest BCUT2D eigenvalue weighted by molar-refractivity contribution is -0.136. The van der Waals surface area contributed by atoms with Crippen LogP contribution in [0.4, 0.5) is 0 Å². The summed E-state index contributed by atoms with van der Waals surface area (Å²) in [6.45, 7) is 12.8. The summed E-state index contributed by atoms with van der Waals surface area (Å²) < 4.78 is 5.17. The van der Waals surface area contributed by atoms with E-state index in [9.17, 15) is 4.79 Å². The minimum atomic E-state index is -1.04. The fraction of sp³-hybridized carbons (Fsp3) is 0.500. The van der Waals surface area contributed by atoms with E-state index < -0.39 is 5.97 Å². The van der Waals surface area contributed by atoms with Crippen LogP contribution in [0.5, 0.6) is 0 Å². The van der Waals surface area contributed by atoms with Crippen molar-refractivity contribution in [3.8, 4) is 0 Å². The van der Waals surface area contributed by atoms with Crippen molar-refractivity contribution in [3.63, 3.8) is 0 Å². The highest BCUT2D eigenvalue weighted by atomic mass is 16.5. The topological polar surface area (TPSA) is 46.5 Å². The van der Waals surface area contributed by atoms with Crippen LogP contribution in [0, 0.1) is 5.41 Å². The number of carboxylic acid groups (broad SMARTS) is 1. The van der Waals surface area contributed by atoms with E-state index in [0.717, 1.165) is 5.57 Å². The fourth-order valence-electron chi connectivity index (χ4n) is 3.19. The normalized spacial score (nSPS) is 19.5. The summed E-state index contributed by atoms with van der Waals surface area (Å²) >= 11 is 0. The zero-order valence-electron chi connectivity index (χ0n) is 16.5. The maximum atomic E-state index is 11.1. The van der Waals surface area contributed by atoms with Gasteiger partial charge in [0, 0.05) is 0 Å². The Morgan fingerprint density at radius 3 is 2.52 bits per heavy atom. The first-order valence-corrected chi connectivity index (χ1v) is 8.99. The van der Waals surface area contributed by atoms with Crippen molar-refractivity contribution in [2.24, 2.45) is 5.41 Å². The molecule has 0 spiro atoms. The first kappa shape index (κ1) is 21.0. The van der Waals surface area contributed by atoms with Gasteiger partial charge in [0.05, 0.1) is 6.61 Å². The highest BCUT2D eigenvalue weighted by Gasteiger charge is 2.26. The number of hydrogen-bond acceptors (Lipinski definition) is 2. The van der Waals surface area contributed by atoms with E-state index in [1.807, 2.05) is 19.1 Å². The molecule has 0 heterocycles. The summed E-state index contributed by atoms with van der Waals surface area (Å²) in [5.41, 5.74) is 4.89. The molecule has 0 aliphatic heterocycles. The van der Waals surface area contributed by atoms with Crippen LogP contribution < -0.4 is 0 Å². The van der Waals surface area contributed by atoms with Crippen LogP contribution in [0.3, 0.4) is 0 Å². The molecule has 3 nitrogen and oxygen atoms in total. The standard InChI is InChI=1S/C22H32O3/c1-7-25-20(21(23)24)18(4)11-8-10-16(2)13-14-19-17(3)12-9-15-22(19,5)6/h8,10-11,13-14H,7,9,12,15H2,1-6H3,(H,23,24). The number of hydrogen-bond donors (Lipinski definition) is 1. The Balaban J connectivity index is 2.88. The molecule has 1 rings (SSSR count). The van der Waals surface area contributed by atoms with Gasteiger partial charge >= 0.3 is 5.97 Å². The summed E-state index contributed by atoms with van der Waals surface area (Å²) in [6, 6.07) is 0. The van der Waals surface area contributed by atoms with Gasteiger partial charge in [-0.05, 0) is 63.5 Å². The van der Waals surface area contributed by atoms with Crippen LogP contribution >= 0.6 is 0 Å². The van der Waals surface area contributed by atoms with Crippen molar-refractivity contribution < 1.29 is 14.6 Å². The molecular weight excluding hydrogens is 312 g/mol. The first-order valence-electron chi connectivity index (χ1n) is 8.99. The van der Waals surface area contributed by atoms with Gasteiger partial charge in [0.15, 0.2) is 0 Å². The number of carbonyl (C=O) groups is 1. The van der Waals surface area contributed by atoms with Gasteiger partial charge in [-0.3, -0.25) is 0 Å². The van der Waals surface area contributed by atoms with Crippen molar-refractivity contribution in [2.45, 2.75) is 60.8 Å². The molecule has 0 saturated carbocycles.